The van der Waals surface area contributed by atoms with Crippen LogP contribution in [0.5, 0.6) is 0 Å². The van der Waals surface area contributed by atoms with Gasteiger partial charge >= 0.3 is 0 Å². The molecule has 0 saturated heterocycles. The van der Waals surface area contributed by atoms with Crippen molar-refractivity contribution in [2.75, 3.05) is 0 Å². The Morgan fingerprint density at radius 2 is 0.567 bits per heavy atom. The molecule has 18 aliphatic rings. The van der Waals surface area contributed by atoms with Crippen molar-refractivity contribution < 1.29 is 0 Å². The monoisotopic (exact) mass is 386 g/mol. The van der Waals surface area contributed by atoms with Crippen molar-refractivity contribution >= 4 is 0 Å². The van der Waals surface area contributed by atoms with E-state index in [1.165, 1.54) is 107 Å². The normalized spacial score (nSPS) is 119. The Bertz CT molecular complexity index is 1230. The zero-order chi connectivity index (χ0) is 17.2. The second kappa shape index (κ2) is 2.02. The van der Waals surface area contributed by atoms with Crippen molar-refractivity contribution in [2.45, 2.75) is 25.7 Å². The Labute approximate surface area is 175 Å². The number of fused-ring (bicyclic) bond motifs is 14. The zero-order valence-corrected chi connectivity index (χ0v) is 17.2. The molecule has 26 atom stereocenters. The van der Waals surface area contributed by atoms with Crippen LogP contribution in [0.3, 0.4) is 0 Å². The Balaban J connectivity index is 0.973. The highest BCUT2D eigenvalue weighted by Crippen LogP contribution is 3.36. The van der Waals surface area contributed by atoms with Crippen LogP contribution in [0.4, 0.5) is 0 Å². The molecule has 0 heteroatoms. The molecule has 0 aromatic rings. The van der Waals surface area contributed by atoms with Gasteiger partial charge in [-0.05, 0) is 176 Å². The van der Waals surface area contributed by atoms with E-state index in [4.69, 9.17) is 0 Å². The van der Waals surface area contributed by atoms with Gasteiger partial charge in [0.15, 0.2) is 0 Å². The van der Waals surface area contributed by atoms with Crippen molar-refractivity contribution in [3.63, 3.8) is 0 Å². The van der Waals surface area contributed by atoms with Crippen LogP contribution in [-0.4, -0.2) is 0 Å². The topological polar surface area (TPSA) is 0 Å². The molecule has 8 spiro atoms. The molecule has 0 N–H and O–H groups in total. The molecule has 18 rings (SSSR count). The predicted molar refractivity (Wildman–Crippen MR) is 101 cm³/mol. The summed E-state index contributed by atoms with van der Waals surface area (Å²) in [6.07, 6.45) is 6.96. The lowest BCUT2D eigenvalue weighted by atomic mass is 8.68. The Morgan fingerprint density at radius 3 is 0.867 bits per heavy atom. The smallest absolute Gasteiger partial charge is 0.00932 e. The van der Waals surface area contributed by atoms with E-state index in [0.29, 0.717) is 0 Å². The molecule has 0 aliphatic heterocycles. The second-order valence-electron chi connectivity index (χ2n) is 18.2. The van der Waals surface area contributed by atoms with Gasteiger partial charge < -0.3 is 0 Å². The average molecular weight is 387 g/mol. The summed E-state index contributed by atoms with van der Waals surface area (Å²) >= 11 is 0. The van der Waals surface area contributed by atoms with Gasteiger partial charge in [0, 0.05) is 0 Å². The third-order valence-electron chi connectivity index (χ3n) is 22.7. The van der Waals surface area contributed by atoms with Crippen LogP contribution in [-0.2, 0) is 0 Å². The lowest BCUT2D eigenvalue weighted by Crippen LogP contribution is -3.33. The first kappa shape index (κ1) is 11.4. The van der Waals surface area contributed by atoms with Gasteiger partial charge in [0.25, 0.3) is 0 Å². The lowest BCUT2D eigenvalue weighted by molar-refractivity contribution is -0.897. The number of rotatable bonds is 0. The second-order valence-corrected chi connectivity index (χ2v) is 18.2. The van der Waals surface area contributed by atoms with Gasteiger partial charge in [-0.1, -0.05) is 0 Å². The van der Waals surface area contributed by atoms with E-state index in [1.54, 1.807) is 25.7 Å². The molecule has 18 saturated carbocycles. The molecule has 24 unspecified atom stereocenters. The minimum absolute atomic E-state index is 1.08. The van der Waals surface area contributed by atoms with E-state index in [0.717, 1.165) is 43.3 Å². The fourth-order valence-electron chi connectivity index (χ4n) is 26.2. The van der Waals surface area contributed by atoms with Crippen LogP contribution in [0.1, 0.15) is 25.7 Å². The number of hydrogen-bond acceptors (Lipinski definition) is 0. The molecule has 0 radical (unpaired) electrons. The molecule has 0 aromatic heterocycles. The van der Waals surface area contributed by atoms with Crippen LogP contribution < -0.4 is 0 Å². The molecule has 30 heavy (non-hydrogen) atoms. The van der Waals surface area contributed by atoms with E-state index in [1.807, 2.05) is 0 Å². The molecule has 0 bridgehead atoms. The molecule has 146 valence electrons. The molecule has 18 aliphatic carbocycles. The van der Waals surface area contributed by atoms with Crippen LogP contribution >= 0.6 is 0 Å². The van der Waals surface area contributed by atoms with Gasteiger partial charge in [-0.2, -0.15) is 0 Å². The van der Waals surface area contributed by atoms with Gasteiger partial charge in [-0.15, -0.1) is 0 Å². The third-order valence-corrected chi connectivity index (χ3v) is 22.7. The SMILES string of the molecule is C1C2CC3C4C5C6C7[C@@H]8C9C%10CC%11CC%12C%13[C@@H]%14C%15C%16C%17C%18C1C23C%184C%175C%166C%157C%148C%139C%11%12%10. The molecule has 0 aromatic carbocycles. The first-order valence-corrected chi connectivity index (χ1v) is 14.9. The minimum atomic E-state index is 1.08. The van der Waals surface area contributed by atoms with E-state index in [9.17, 15) is 0 Å². The summed E-state index contributed by atoms with van der Waals surface area (Å²) in [6, 6.07) is 0. The van der Waals surface area contributed by atoms with Gasteiger partial charge in [0.05, 0.1) is 0 Å². The van der Waals surface area contributed by atoms with Crippen LogP contribution in [0.2, 0.25) is 0 Å². The Kier molecular flexibility index (Phi) is 0.770. The molecular weight excluding hydrogens is 360 g/mol. The first-order chi connectivity index (χ1) is 14.9. The summed E-state index contributed by atoms with van der Waals surface area (Å²) in [7, 11) is 0. The van der Waals surface area contributed by atoms with Crippen molar-refractivity contribution in [3.8, 4) is 0 Å². The maximum Gasteiger partial charge on any atom is -0.00932 e. The van der Waals surface area contributed by atoms with E-state index >= 15 is 0 Å². The fourth-order valence-corrected chi connectivity index (χ4v) is 26.2. The summed E-state index contributed by atoms with van der Waals surface area (Å²) in [4.78, 5) is 0. The Morgan fingerprint density at radius 1 is 0.300 bits per heavy atom. The minimum Gasteiger partial charge on any atom is -0.0461 e. The van der Waals surface area contributed by atoms with Gasteiger partial charge in [0.2, 0.25) is 0 Å². The molecule has 0 amide bonds. The van der Waals surface area contributed by atoms with E-state index in [2.05, 4.69) is 0 Å². The van der Waals surface area contributed by atoms with Crippen molar-refractivity contribution in [2.24, 2.45) is 150 Å². The summed E-state index contributed by atoms with van der Waals surface area (Å²) in [6.45, 7) is 0. The summed E-state index contributed by atoms with van der Waals surface area (Å²) in [5.41, 5.74) is 8.75. The fraction of sp³-hybridized carbons (Fsp3) is 1.00. The average Bonchev–Trinajstić information content (AvgIpc) is 2.60. The van der Waals surface area contributed by atoms with Gasteiger partial charge in [0.1, 0.15) is 0 Å². The van der Waals surface area contributed by atoms with Gasteiger partial charge in [-0.3, -0.25) is 0 Å². The highest BCUT2D eigenvalue weighted by Gasteiger charge is 3.34. The standard InChI is InChI=1S/C30H26/c1-5-2-8-12-16-21-22-18-14-10-4-6-3-9-13-17-20-19-15-11-7(1)23(5,8)25(11,12)27(15,16)29(19,21)30(20,22)28(17,18)26(13,14)24(6,9)10/h5-22H,1-4H2/t5?,6?,7?,8?,9?,10?,11?,12?,13?,14?,15-,16+,17?,18?,19?,20?,21?,22?,23?,24?,25?,26?,27?,28?,29?,30?. The number of hydrogen-bond donors (Lipinski definition) is 0. The highest BCUT2D eigenvalue weighted by atomic mass is 15.4. The largest absolute Gasteiger partial charge is 0.0461 e. The highest BCUT2D eigenvalue weighted by molar-refractivity contribution is 5.79. The van der Waals surface area contributed by atoms with Crippen molar-refractivity contribution in [1.29, 1.82) is 0 Å². The third kappa shape index (κ3) is 0.346. The van der Waals surface area contributed by atoms with Crippen LogP contribution in [0, 0.1) is 150 Å². The Hall–Kier alpha value is 0. The first-order valence-electron chi connectivity index (χ1n) is 14.9. The van der Waals surface area contributed by atoms with E-state index < -0.39 is 0 Å². The quantitative estimate of drug-likeness (QED) is 0.594. The zero-order valence-electron chi connectivity index (χ0n) is 17.2. The molecule has 18 fully saturated rings. The molecule has 0 nitrogen and oxygen atoms in total. The molecular formula is C30H26. The van der Waals surface area contributed by atoms with Crippen molar-refractivity contribution in [3.05, 3.63) is 0 Å². The summed E-state index contributed by atoms with van der Waals surface area (Å²) < 4.78 is 0. The van der Waals surface area contributed by atoms with Crippen LogP contribution in [0.15, 0.2) is 0 Å². The van der Waals surface area contributed by atoms with Crippen LogP contribution in [0.25, 0.3) is 0 Å². The predicted octanol–water partition coefficient (Wildman–Crippen LogP) is 3.77. The van der Waals surface area contributed by atoms with E-state index in [-0.39, 0.29) is 0 Å². The maximum atomic E-state index is 1.74. The summed E-state index contributed by atoms with van der Waals surface area (Å²) in [5, 5.41) is 0. The maximum absolute atomic E-state index is 1.74. The molecule has 0 heterocycles. The lowest BCUT2D eigenvalue weighted by Gasteiger charge is -3.35. The summed E-state index contributed by atoms with van der Waals surface area (Å²) in [5.74, 6) is 24.3. The van der Waals surface area contributed by atoms with Crippen molar-refractivity contribution in [1.82, 2.24) is 0 Å². The van der Waals surface area contributed by atoms with Gasteiger partial charge in [-0.25, -0.2) is 0 Å².